The van der Waals surface area contributed by atoms with Crippen LogP contribution in [0.2, 0.25) is 0 Å². The van der Waals surface area contributed by atoms with Gasteiger partial charge >= 0.3 is 0 Å². The van der Waals surface area contributed by atoms with E-state index in [1.54, 1.807) is 12.1 Å². The fraction of sp³-hybridized carbons (Fsp3) is 0.250. The molecule has 2 N–H and O–H groups in total. The summed E-state index contributed by atoms with van der Waals surface area (Å²) in [6, 6.07) is 7.20. The van der Waals surface area contributed by atoms with Crippen LogP contribution in [-0.2, 0) is 14.8 Å². The zero-order valence-corrected chi connectivity index (χ0v) is 15.1. The predicted molar refractivity (Wildman–Crippen MR) is 96.4 cm³/mol. The summed E-state index contributed by atoms with van der Waals surface area (Å²) in [6.45, 7) is 0. The third-order valence-electron chi connectivity index (χ3n) is 3.30. The van der Waals surface area contributed by atoms with E-state index < -0.39 is 32.7 Å². The number of amides is 1. The minimum atomic E-state index is -4.17. The van der Waals surface area contributed by atoms with Gasteiger partial charge in [-0.25, -0.2) is 12.8 Å². The van der Waals surface area contributed by atoms with Crippen LogP contribution in [0.15, 0.2) is 53.7 Å². The number of carbonyl (C=O) groups excluding carboxylic acids is 1. The summed E-state index contributed by atoms with van der Waals surface area (Å²) in [5.41, 5.74) is 0.499. The second kappa shape index (κ2) is 8.93. The third kappa shape index (κ3) is 5.52. The van der Waals surface area contributed by atoms with E-state index in [9.17, 15) is 17.6 Å². The number of hydrogen-bond acceptors (Lipinski definition) is 5. The lowest BCUT2D eigenvalue weighted by Crippen LogP contribution is -2.44. The highest BCUT2D eigenvalue weighted by atomic mass is 32.2. The van der Waals surface area contributed by atoms with Gasteiger partial charge in [-0.05, 0) is 42.7 Å². The van der Waals surface area contributed by atoms with Crippen molar-refractivity contribution in [3.63, 3.8) is 0 Å². The third-order valence-corrected chi connectivity index (χ3v) is 5.45. The minimum absolute atomic E-state index is 0.270. The molecule has 0 aliphatic heterocycles. The highest BCUT2D eigenvalue weighted by Crippen LogP contribution is 2.15. The van der Waals surface area contributed by atoms with Crippen LogP contribution in [0.25, 0.3) is 0 Å². The summed E-state index contributed by atoms with van der Waals surface area (Å²) < 4.78 is 41.0. The number of nitrogens with zero attached hydrogens (tertiary/aromatic N) is 1. The number of halogens is 1. The van der Waals surface area contributed by atoms with Crippen molar-refractivity contribution >= 4 is 33.4 Å². The first-order valence-electron chi connectivity index (χ1n) is 7.40. The SMILES string of the molecule is CSCC[C@@H](NS(=O)(=O)c1ccccc1F)C(=O)Nc1ccncc1. The van der Waals surface area contributed by atoms with E-state index in [4.69, 9.17) is 0 Å². The average molecular weight is 383 g/mol. The van der Waals surface area contributed by atoms with Crippen molar-refractivity contribution in [2.75, 3.05) is 17.3 Å². The van der Waals surface area contributed by atoms with Crippen LogP contribution in [0, 0.1) is 5.82 Å². The van der Waals surface area contributed by atoms with Crippen molar-refractivity contribution in [1.29, 1.82) is 0 Å². The minimum Gasteiger partial charge on any atom is -0.325 e. The van der Waals surface area contributed by atoms with E-state index in [2.05, 4.69) is 15.0 Å². The van der Waals surface area contributed by atoms with Crippen molar-refractivity contribution in [1.82, 2.24) is 9.71 Å². The number of thioether (sulfide) groups is 1. The number of nitrogens with one attached hydrogen (secondary N) is 2. The van der Waals surface area contributed by atoms with Gasteiger partial charge in [0.25, 0.3) is 0 Å². The first kappa shape index (κ1) is 19.4. The molecule has 0 bridgehead atoms. The van der Waals surface area contributed by atoms with Gasteiger partial charge in [-0.15, -0.1) is 0 Å². The summed E-state index contributed by atoms with van der Waals surface area (Å²) in [4.78, 5) is 15.8. The summed E-state index contributed by atoms with van der Waals surface area (Å²) in [7, 11) is -4.17. The smallest absolute Gasteiger partial charge is 0.244 e. The van der Waals surface area contributed by atoms with Gasteiger partial charge in [0.2, 0.25) is 15.9 Å². The number of sulfonamides is 1. The molecule has 0 saturated heterocycles. The fourth-order valence-electron chi connectivity index (χ4n) is 2.06. The topological polar surface area (TPSA) is 88.2 Å². The molecular formula is C16H18FN3O3S2. The first-order valence-corrected chi connectivity index (χ1v) is 10.3. The van der Waals surface area contributed by atoms with Gasteiger partial charge in [0, 0.05) is 18.1 Å². The van der Waals surface area contributed by atoms with Crippen molar-refractivity contribution < 1.29 is 17.6 Å². The zero-order chi connectivity index (χ0) is 18.3. The Morgan fingerprint density at radius 2 is 1.92 bits per heavy atom. The Kier molecular flexibility index (Phi) is 6.91. The molecule has 0 radical (unpaired) electrons. The van der Waals surface area contributed by atoms with Gasteiger partial charge in [-0.1, -0.05) is 12.1 Å². The molecule has 0 fully saturated rings. The maximum Gasteiger partial charge on any atom is 0.244 e. The van der Waals surface area contributed by atoms with E-state index in [0.717, 1.165) is 12.1 Å². The normalized spacial score (nSPS) is 12.6. The monoisotopic (exact) mass is 383 g/mol. The van der Waals surface area contributed by atoms with Crippen LogP contribution in [-0.4, -0.2) is 37.4 Å². The molecule has 0 aliphatic rings. The predicted octanol–water partition coefficient (Wildman–Crippen LogP) is 2.26. The molecule has 0 unspecified atom stereocenters. The molecule has 1 amide bonds. The largest absolute Gasteiger partial charge is 0.325 e. The van der Waals surface area contributed by atoms with E-state index in [1.165, 1.54) is 36.3 Å². The van der Waals surface area contributed by atoms with Crippen molar-refractivity contribution in [3.05, 3.63) is 54.6 Å². The highest BCUT2D eigenvalue weighted by molar-refractivity contribution is 7.98. The van der Waals surface area contributed by atoms with Gasteiger partial charge in [0.1, 0.15) is 16.8 Å². The van der Waals surface area contributed by atoms with Crippen LogP contribution < -0.4 is 10.0 Å². The zero-order valence-electron chi connectivity index (χ0n) is 13.5. The Morgan fingerprint density at radius 3 is 2.56 bits per heavy atom. The second-order valence-corrected chi connectivity index (χ2v) is 7.78. The molecule has 0 saturated carbocycles. The van der Waals surface area contributed by atoms with Gasteiger partial charge in [-0.2, -0.15) is 16.5 Å². The number of carbonyl (C=O) groups is 1. The maximum atomic E-state index is 13.8. The van der Waals surface area contributed by atoms with E-state index in [1.807, 2.05) is 6.26 Å². The van der Waals surface area contributed by atoms with Crippen LogP contribution in [0.4, 0.5) is 10.1 Å². The van der Waals surface area contributed by atoms with Crippen LogP contribution in [0.5, 0.6) is 0 Å². The Bertz CT molecular complexity index is 816. The lowest BCUT2D eigenvalue weighted by Gasteiger charge is -2.18. The van der Waals surface area contributed by atoms with Gasteiger partial charge in [0.05, 0.1) is 0 Å². The van der Waals surface area contributed by atoms with Crippen LogP contribution >= 0.6 is 11.8 Å². The summed E-state index contributed by atoms with van der Waals surface area (Å²) in [5, 5.41) is 2.63. The van der Waals surface area contributed by atoms with Crippen molar-refractivity contribution in [2.24, 2.45) is 0 Å². The maximum absolute atomic E-state index is 13.8. The van der Waals surface area contributed by atoms with E-state index >= 15 is 0 Å². The van der Waals surface area contributed by atoms with Crippen LogP contribution in [0.1, 0.15) is 6.42 Å². The van der Waals surface area contributed by atoms with Gasteiger partial charge in [-0.3, -0.25) is 9.78 Å². The average Bonchev–Trinajstić information content (AvgIpc) is 2.59. The summed E-state index contributed by atoms with van der Waals surface area (Å²) >= 11 is 1.48. The Balaban J connectivity index is 2.19. The van der Waals surface area contributed by atoms with Gasteiger partial charge < -0.3 is 5.32 Å². The number of hydrogen-bond donors (Lipinski definition) is 2. The van der Waals surface area contributed by atoms with Crippen LogP contribution in [0.3, 0.4) is 0 Å². The first-order chi connectivity index (χ1) is 11.9. The molecule has 2 aromatic rings. The van der Waals surface area contributed by atoms with Crippen molar-refractivity contribution in [2.45, 2.75) is 17.4 Å². The Hall–Kier alpha value is -1.97. The standard InChI is InChI=1S/C16H18FN3O3S2/c1-24-11-8-14(16(21)19-12-6-9-18-10-7-12)20-25(22,23)15-5-3-2-4-13(15)17/h2-7,9-10,14,20H,8,11H2,1H3,(H,18,19,21)/t14-/m1/s1. The molecular weight excluding hydrogens is 365 g/mol. The van der Waals surface area contributed by atoms with E-state index in [-0.39, 0.29) is 6.42 Å². The molecule has 0 aliphatic carbocycles. The lowest BCUT2D eigenvalue weighted by atomic mass is 10.2. The Morgan fingerprint density at radius 1 is 1.24 bits per heavy atom. The number of aromatic nitrogens is 1. The molecule has 25 heavy (non-hydrogen) atoms. The fourth-order valence-corrected chi connectivity index (χ4v) is 3.84. The summed E-state index contributed by atoms with van der Waals surface area (Å²) in [5.74, 6) is -0.817. The molecule has 9 heteroatoms. The molecule has 1 heterocycles. The molecule has 0 spiro atoms. The number of pyridine rings is 1. The quantitative estimate of drug-likeness (QED) is 0.730. The molecule has 1 aromatic carbocycles. The number of benzene rings is 1. The lowest BCUT2D eigenvalue weighted by molar-refractivity contribution is -0.117. The molecule has 134 valence electrons. The molecule has 1 aromatic heterocycles. The second-order valence-electron chi connectivity index (χ2n) is 5.11. The Labute approximate surface area is 150 Å². The molecule has 1 atom stereocenters. The highest BCUT2D eigenvalue weighted by Gasteiger charge is 2.27. The van der Waals surface area contributed by atoms with E-state index in [0.29, 0.717) is 11.4 Å². The van der Waals surface area contributed by atoms with Gasteiger partial charge in [0.15, 0.2) is 0 Å². The summed E-state index contributed by atoms with van der Waals surface area (Å²) in [6.07, 6.45) is 5.14. The molecule has 6 nitrogen and oxygen atoms in total. The number of rotatable bonds is 8. The van der Waals surface area contributed by atoms with Crippen molar-refractivity contribution in [3.8, 4) is 0 Å². The molecule has 2 rings (SSSR count). The number of anilines is 1.